The highest BCUT2D eigenvalue weighted by atomic mass is 16.5. The predicted octanol–water partition coefficient (Wildman–Crippen LogP) is 4.99. The molecule has 0 saturated heterocycles. The smallest absolute Gasteiger partial charge is 0.238 e. The van der Waals surface area contributed by atoms with E-state index in [-0.39, 0.29) is 11.3 Å². The number of carbonyl (C=O) groups is 1. The number of methoxy groups -OCH3 is 1. The van der Waals surface area contributed by atoms with E-state index in [0.717, 1.165) is 16.9 Å². The minimum atomic E-state index is -0.469. The number of rotatable bonds is 7. The van der Waals surface area contributed by atoms with E-state index in [1.54, 1.807) is 23.9 Å². The molecule has 0 fully saturated rings. The van der Waals surface area contributed by atoms with Crippen LogP contribution >= 0.6 is 0 Å². The molecule has 4 aromatic rings. The van der Waals surface area contributed by atoms with Gasteiger partial charge in [0.15, 0.2) is 5.76 Å². The summed E-state index contributed by atoms with van der Waals surface area (Å²) in [5, 5.41) is 14.3. The topological polar surface area (TPSA) is 81.0 Å². The molecular weight excluding hydrogens is 390 g/mol. The Labute approximate surface area is 179 Å². The van der Waals surface area contributed by atoms with Crippen LogP contribution in [0.2, 0.25) is 0 Å². The highest BCUT2D eigenvalue weighted by molar-refractivity contribution is 6.12. The average molecular weight is 409 g/mol. The third kappa shape index (κ3) is 4.46. The van der Waals surface area contributed by atoms with Crippen LogP contribution in [0, 0.1) is 11.3 Å². The van der Waals surface area contributed by atoms with E-state index in [9.17, 15) is 10.1 Å². The van der Waals surface area contributed by atoms with Gasteiger partial charge in [0.05, 0.1) is 25.6 Å². The van der Waals surface area contributed by atoms with Crippen LogP contribution in [0.5, 0.6) is 5.75 Å². The van der Waals surface area contributed by atoms with Crippen molar-refractivity contribution >= 4 is 11.9 Å². The lowest BCUT2D eigenvalue weighted by atomic mass is 10.0. The Morgan fingerprint density at radius 1 is 1.13 bits per heavy atom. The number of carbonyl (C=O) groups excluding carboxylic acids is 1. The molecule has 0 spiro atoms. The number of hydrogen-bond donors (Lipinski definition) is 0. The number of ether oxygens (including phenoxy) is 1. The van der Waals surface area contributed by atoms with Gasteiger partial charge in [0.2, 0.25) is 5.78 Å². The van der Waals surface area contributed by atoms with E-state index < -0.39 is 5.78 Å². The van der Waals surface area contributed by atoms with Crippen LogP contribution < -0.4 is 4.74 Å². The molecule has 2 aromatic carbocycles. The van der Waals surface area contributed by atoms with Gasteiger partial charge >= 0.3 is 0 Å². The van der Waals surface area contributed by atoms with Gasteiger partial charge in [-0.25, -0.2) is 0 Å². The van der Waals surface area contributed by atoms with Crippen LogP contribution in [0.4, 0.5) is 0 Å². The number of Topliss-reactive ketones (excluding diaryl/α,β-unsaturated/α-hetero) is 1. The van der Waals surface area contributed by atoms with Crippen LogP contribution in [-0.4, -0.2) is 22.7 Å². The van der Waals surface area contributed by atoms with Crippen molar-refractivity contribution in [3.8, 4) is 23.1 Å². The zero-order valence-electron chi connectivity index (χ0n) is 16.9. The lowest BCUT2D eigenvalue weighted by Crippen LogP contribution is -2.00. The van der Waals surface area contributed by atoms with Crippen molar-refractivity contribution in [2.24, 2.45) is 0 Å². The first-order chi connectivity index (χ1) is 15.2. The molecule has 0 saturated carbocycles. The molecular formula is C25H19N3O3. The molecule has 31 heavy (non-hydrogen) atoms. The number of nitriles is 1. The van der Waals surface area contributed by atoms with E-state index in [1.807, 2.05) is 66.9 Å². The quantitative estimate of drug-likeness (QED) is 0.244. The highest BCUT2D eigenvalue weighted by Crippen LogP contribution is 2.27. The third-order valence-electron chi connectivity index (χ3n) is 4.75. The predicted molar refractivity (Wildman–Crippen MR) is 116 cm³/mol. The van der Waals surface area contributed by atoms with Gasteiger partial charge in [0.1, 0.15) is 17.4 Å². The summed E-state index contributed by atoms with van der Waals surface area (Å²) in [6, 6.07) is 22.6. The van der Waals surface area contributed by atoms with Gasteiger partial charge in [-0.3, -0.25) is 9.48 Å². The van der Waals surface area contributed by atoms with Crippen molar-refractivity contribution in [2.75, 3.05) is 7.11 Å². The van der Waals surface area contributed by atoms with E-state index in [4.69, 9.17) is 14.3 Å². The van der Waals surface area contributed by atoms with Gasteiger partial charge in [-0.1, -0.05) is 30.3 Å². The number of ketones is 1. The van der Waals surface area contributed by atoms with Gasteiger partial charge in [-0.2, -0.15) is 10.4 Å². The second-order valence-electron chi connectivity index (χ2n) is 6.82. The summed E-state index contributed by atoms with van der Waals surface area (Å²) in [5.74, 6) is 0.384. The Balaban J connectivity index is 1.76. The monoisotopic (exact) mass is 409 g/mol. The minimum Gasteiger partial charge on any atom is -0.497 e. The Morgan fingerprint density at radius 3 is 2.55 bits per heavy atom. The third-order valence-corrected chi connectivity index (χ3v) is 4.75. The Hall–Kier alpha value is -4.37. The van der Waals surface area contributed by atoms with Crippen LogP contribution in [-0.2, 0) is 6.54 Å². The molecule has 0 radical (unpaired) electrons. The number of benzene rings is 2. The molecule has 6 heteroatoms. The normalized spacial score (nSPS) is 11.2. The maximum atomic E-state index is 12.6. The number of hydrogen-bond acceptors (Lipinski definition) is 5. The van der Waals surface area contributed by atoms with Crippen molar-refractivity contribution in [3.63, 3.8) is 0 Å². The number of furan rings is 1. The second-order valence-corrected chi connectivity index (χ2v) is 6.82. The molecule has 2 heterocycles. The molecule has 0 N–H and O–H groups in total. The number of allylic oxidation sites excluding steroid dienone is 1. The highest BCUT2D eigenvalue weighted by Gasteiger charge is 2.18. The van der Waals surface area contributed by atoms with E-state index >= 15 is 0 Å². The lowest BCUT2D eigenvalue weighted by Gasteiger charge is -2.03. The summed E-state index contributed by atoms with van der Waals surface area (Å²) in [6.45, 7) is 0.561. The van der Waals surface area contributed by atoms with Crippen molar-refractivity contribution in [1.29, 1.82) is 5.26 Å². The molecule has 2 aromatic heterocycles. The van der Waals surface area contributed by atoms with E-state index in [2.05, 4.69) is 0 Å². The molecule has 152 valence electrons. The Morgan fingerprint density at radius 2 is 1.90 bits per heavy atom. The molecule has 0 atom stereocenters. The molecule has 4 rings (SSSR count). The second kappa shape index (κ2) is 8.97. The molecule has 0 aliphatic rings. The van der Waals surface area contributed by atoms with E-state index in [0.29, 0.717) is 17.8 Å². The maximum Gasteiger partial charge on any atom is 0.238 e. The van der Waals surface area contributed by atoms with Crippen molar-refractivity contribution in [3.05, 3.63) is 102 Å². The molecule has 0 unspecified atom stereocenters. The van der Waals surface area contributed by atoms with Crippen LogP contribution in [0.25, 0.3) is 17.3 Å². The summed E-state index contributed by atoms with van der Waals surface area (Å²) in [5.41, 5.74) is 3.25. The summed E-state index contributed by atoms with van der Waals surface area (Å²) < 4.78 is 12.2. The Kier molecular flexibility index (Phi) is 5.77. The van der Waals surface area contributed by atoms with Crippen molar-refractivity contribution < 1.29 is 13.9 Å². The average Bonchev–Trinajstić information content (AvgIpc) is 3.48. The van der Waals surface area contributed by atoms with Crippen LogP contribution in [0.15, 0.2) is 89.2 Å². The van der Waals surface area contributed by atoms with Crippen molar-refractivity contribution in [1.82, 2.24) is 9.78 Å². The summed E-state index contributed by atoms with van der Waals surface area (Å²) in [6.07, 6.45) is 4.79. The van der Waals surface area contributed by atoms with Gasteiger partial charge in [0, 0.05) is 17.3 Å². The van der Waals surface area contributed by atoms with Gasteiger partial charge in [-0.05, 0) is 48.0 Å². The fourth-order valence-corrected chi connectivity index (χ4v) is 3.21. The number of aromatic nitrogens is 2. The summed E-state index contributed by atoms with van der Waals surface area (Å²) in [4.78, 5) is 12.6. The van der Waals surface area contributed by atoms with Crippen LogP contribution in [0.3, 0.4) is 0 Å². The largest absolute Gasteiger partial charge is 0.497 e. The standard InChI is InChI=1S/C25H19N3O3/c1-30-22-11-9-19(10-12-22)24-21(14-20(15-26)25(29)23-8-5-13-31-23)17-28(27-24)16-18-6-3-2-4-7-18/h2-14,17H,16H2,1H3/b20-14+. The fourth-order valence-electron chi connectivity index (χ4n) is 3.21. The number of nitrogens with zero attached hydrogens (tertiary/aromatic N) is 3. The van der Waals surface area contributed by atoms with Gasteiger partial charge in [-0.15, -0.1) is 0 Å². The molecule has 0 amide bonds. The van der Waals surface area contributed by atoms with Gasteiger partial charge in [0.25, 0.3) is 0 Å². The fraction of sp³-hybridized carbons (Fsp3) is 0.0800. The van der Waals surface area contributed by atoms with Crippen molar-refractivity contribution in [2.45, 2.75) is 6.54 Å². The first-order valence-electron chi connectivity index (χ1n) is 9.63. The SMILES string of the molecule is COc1ccc(-c2nn(Cc3ccccc3)cc2/C=C(\C#N)C(=O)c2ccco2)cc1. The van der Waals surface area contributed by atoms with Crippen LogP contribution in [0.1, 0.15) is 21.7 Å². The van der Waals surface area contributed by atoms with Gasteiger partial charge < -0.3 is 9.15 Å². The summed E-state index contributed by atoms with van der Waals surface area (Å²) >= 11 is 0. The minimum absolute atomic E-state index is 0.0241. The first kappa shape index (κ1) is 19.9. The zero-order chi connectivity index (χ0) is 21.6. The molecule has 0 aliphatic heterocycles. The Bertz CT molecular complexity index is 1250. The first-order valence-corrected chi connectivity index (χ1v) is 9.63. The molecule has 0 aliphatic carbocycles. The lowest BCUT2D eigenvalue weighted by molar-refractivity contribution is 0.101. The molecule has 0 bridgehead atoms. The van der Waals surface area contributed by atoms with E-state index in [1.165, 1.54) is 12.3 Å². The zero-order valence-corrected chi connectivity index (χ0v) is 16.9. The maximum absolute atomic E-state index is 12.6. The molecule has 6 nitrogen and oxygen atoms in total. The summed E-state index contributed by atoms with van der Waals surface area (Å²) in [7, 11) is 1.61.